The molecule has 3 aromatic rings. The molecule has 1 amide bonds. The molecular weight excluding hydrogens is 426 g/mol. The van der Waals surface area contributed by atoms with Gasteiger partial charge in [0.1, 0.15) is 5.52 Å². The lowest BCUT2D eigenvalue weighted by molar-refractivity contribution is 0.0805. The highest BCUT2D eigenvalue weighted by Gasteiger charge is 2.27. The van der Waals surface area contributed by atoms with E-state index in [0.717, 1.165) is 48.8 Å². The zero-order chi connectivity index (χ0) is 22.6. The molecule has 5 rings (SSSR count). The van der Waals surface area contributed by atoms with E-state index in [0.29, 0.717) is 25.0 Å². The zero-order valence-corrected chi connectivity index (χ0v) is 17.9. The van der Waals surface area contributed by atoms with Crippen LogP contribution in [0.15, 0.2) is 18.6 Å². The lowest BCUT2D eigenvalue weighted by Gasteiger charge is -2.32. The van der Waals surface area contributed by atoms with Crippen molar-refractivity contribution in [3.05, 3.63) is 30.0 Å². The Morgan fingerprint density at radius 2 is 2.00 bits per heavy atom. The Morgan fingerprint density at radius 1 is 1.18 bits per heavy atom. The van der Waals surface area contributed by atoms with Gasteiger partial charge >= 0.3 is 6.01 Å². The largest absolute Gasteiger partial charge is 0.425 e. The minimum Gasteiger partial charge on any atom is -0.425 e. The summed E-state index contributed by atoms with van der Waals surface area (Å²) in [6.07, 6.45) is 11.6. The number of piperidine rings is 1. The van der Waals surface area contributed by atoms with Crippen LogP contribution in [0, 0.1) is 11.5 Å². The molecule has 2 fully saturated rings. The zero-order valence-electron chi connectivity index (χ0n) is 17.9. The number of rotatable bonds is 7. The number of aromatic amines is 1. The van der Waals surface area contributed by atoms with Crippen molar-refractivity contribution in [3.8, 4) is 12.3 Å². The maximum absolute atomic E-state index is 12.7. The number of ether oxygens (including phenoxy) is 2. The highest BCUT2D eigenvalue weighted by atomic mass is 16.7. The van der Waals surface area contributed by atoms with E-state index in [1.54, 1.807) is 12.4 Å². The quantitative estimate of drug-likeness (QED) is 0.309. The van der Waals surface area contributed by atoms with E-state index in [4.69, 9.17) is 10.00 Å². The Labute approximate surface area is 189 Å². The molecule has 1 saturated carbocycles. The van der Waals surface area contributed by atoms with E-state index in [9.17, 15) is 4.79 Å². The van der Waals surface area contributed by atoms with Crippen LogP contribution in [0.4, 0.5) is 5.95 Å². The van der Waals surface area contributed by atoms with Crippen molar-refractivity contribution in [2.75, 3.05) is 24.8 Å². The van der Waals surface area contributed by atoms with E-state index >= 15 is 0 Å². The van der Waals surface area contributed by atoms with Crippen molar-refractivity contribution in [2.24, 2.45) is 0 Å². The fraction of sp³-hybridized carbons (Fsp3) is 0.476. The smallest absolute Gasteiger partial charge is 0.324 e. The summed E-state index contributed by atoms with van der Waals surface area (Å²) in [4.78, 5) is 39.5. The van der Waals surface area contributed by atoms with Crippen LogP contribution >= 0.6 is 0 Å². The standard InChI is InChI=1S/C21H23N9O3/c22-11-32-12-33-21-28-18(19(31)26-14-2-1-3-14)27-20(29-21)30-8-4-13(5-9-30)15-10-25-17-16(15)23-6-7-24-17/h6-7,10,13-14H,1-5,8-9,12H2,(H,24,25)(H,26,31). The van der Waals surface area contributed by atoms with Crippen LogP contribution in [0.25, 0.3) is 11.2 Å². The van der Waals surface area contributed by atoms with Crippen LogP contribution in [0.2, 0.25) is 0 Å². The molecule has 2 N–H and O–H groups in total. The number of anilines is 1. The molecule has 2 aliphatic rings. The number of aromatic nitrogens is 6. The van der Waals surface area contributed by atoms with Gasteiger partial charge in [0.05, 0.1) is 0 Å². The van der Waals surface area contributed by atoms with E-state index in [1.165, 1.54) is 6.26 Å². The van der Waals surface area contributed by atoms with Crippen LogP contribution in [-0.4, -0.2) is 61.7 Å². The molecule has 0 atom stereocenters. The van der Waals surface area contributed by atoms with Crippen molar-refractivity contribution in [3.63, 3.8) is 0 Å². The summed E-state index contributed by atoms with van der Waals surface area (Å²) >= 11 is 0. The molecule has 3 aromatic heterocycles. The molecule has 33 heavy (non-hydrogen) atoms. The van der Waals surface area contributed by atoms with E-state index in [2.05, 4.69) is 40.0 Å². The molecule has 1 aliphatic heterocycles. The van der Waals surface area contributed by atoms with Gasteiger partial charge in [-0.05, 0) is 38.0 Å². The summed E-state index contributed by atoms with van der Waals surface area (Å²) in [5, 5.41) is 11.5. The highest BCUT2D eigenvalue weighted by molar-refractivity contribution is 5.91. The number of nitriles is 1. The van der Waals surface area contributed by atoms with Gasteiger partial charge in [0, 0.05) is 43.3 Å². The average molecular weight is 449 g/mol. The second-order valence-corrected chi connectivity index (χ2v) is 8.10. The van der Waals surface area contributed by atoms with Crippen molar-refractivity contribution in [2.45, 2.75) is 44.1 Å². The third-order valence-corrected chi connectivity index (χ3v) is 6.11. The first-order chi connectivity index (χ1) is 16.2. The summed E-state index contributed by atoms with van der Waals surface area (Å²) in [5.41, 5.74) is 2.85. The van der Waals surface area contributed by atoms with Crippen molar-refractivity contribution >= 4 is 23.0 Å². The Kier molecular flexibility index (Phi) is 5.84. The number of carbonyl (C=O) groups is 1. The van der Waals surface area contributed by atoms with Gasteiger partial charge in [0.15, 0.2) is 5.65 Å². The first-order valence-electron chi connectivity index (χ1n) is 10.9. The first-order valence-corrected chi connectivity index (χ1v) is 10.9. The lowest BCUT2D eigenvalue weighted by atomic mass is 9.91. The second-order valence-electron chi connectivity index (χ2n) is 8.10. The molecule has 12 nitrogen and oxygen atoms in total. The molecule has 12 heteroatoms. The normalized spacial score (nSPS) is 16.8. The van der Waals surface area contributed by atoms with Gasteiger partial charge < -0.3 is 24.7 Å². The number of hydrogen-bond acceptors (Lipinski definition) is 10. The van der Waals surface area contributed by atoms with E-state index < -0.39 is 0 Å². The fourth-order valence-electron chi connectivity index (χ4n) is 4.14. The molecule has 0 bridgehead atoms. The fourth-order valence-corrected chi connectivity index (χ4v) is 4.14. The highest BCUT2D eigenvalue weighted by Crippen LogP contribution is 2.32. The van der Waals surface area contributed by atoms with Crippen LogP contribution in [0.5, 0.6) is 6.01 Å². The molecule has 0 aromatic carbocycles. The summed E-state index contributed by atoms with van der Waals surface area (Å²) in [6.45, 7) is 1.05. The number of carbonyl (C=O) groups excluding carboxylic acids is 1. The predicted octanol–water partition coefficient (Wildman–Crippen LogP) is 1.64. The maximum Gasteiger partial charge on any atom is 0.324 e. The first kappa shape index (κ1) is 20.9. The van der Waals surface area contributed by atoms with Crippen molar-refractivity contribution in [1.82, 2.24) is 35.2 Å². The molecule has 0 spiro atoms. The number of nitrogens with one attached hydrogen (secondary N) is 2. The van der Waals surface area contributed by atoms with Crippen LogP contribution < -0.4 is 15.0 Å². The lowest BCUT2D eigenvalue weighted by Crippen LogP contribution is -2.41. The monoisotopic (exact) mass is 449 g/mol. The summed E-state index contributed by atoms with van der Waals surface area (Å²) < 4.78 is 9.87. The number of fused-ring (bicyclic) bond motifs is 1. The molecule has 4 heterocycles. The van der Waals surface area contributed by atoms with Crippen LogP contribution in [-0.2, 0) is 4.74 Å². The number of hydrogen-bond donors (Lipinski definition) is 2. The minimum absolute atomic E-state index is 0.00659. The summed E-state index contributed by atoms with van der Waals surface area (Å²) in [7, 11) is 0. The van der Waals surface area contributed by atoms with Gasteiger partial charge in [-0.15, -0.1) is 0 Å². The van der Waals surface area contributed by atoms with Gasteiger partial charge in [-0.25, -0.2) is 4.98 Å². The predicted molar refractivity (Wildman–Crippen MR) is 115 cm³/mol. The summed E-state index contributed by atoms with van der Waals surface area (Å²) in [6, 6.07) is 0.0991. The van der Waals surface area contributed by atoms with Crippen LogP contribution in [0.3, 0.4) is 0 Å². The molecule has 170 valence electrons. The van der Waals surface area contributed by atoms with Gasteiger partial charge in [-0.2, -0.15) is 20.2 Å². The van der Waals surface area contributed by atoms with Crippen molar-refractivity contribution in [1.29, 1.82) is 5.26 Å². The Hall–Kier alpha value is -4.01. The molecular formula is C21H23N9O3. The topological polar surface area (TPSA) is 155 Å². The van der Waals surface area contributed by atoms with Crippen molar-refractivity contribution < 1.29 is 14.3 Å². The summed E-state index contributed by atoms with van der Waals surface area (Å²) in [5.74, 6) is 0.331. The Morgan fingerprint density at radius 3 is 2.76 bits per heavy atom. The maximum atomic E-state index is 12.7. The Balaban J connectivity index is 1.32. The number of H-pyrrole nitrogens is 1. The third kappa shape index (κ3) is 4.48. The molecule has 1 saturated heterocycles. The third-order valence-electron chi connectivity index (χ3n) is 6.11. The molecule has 1 aliphatic carbocycles. The minimum atomic E-state index is -0.360. The Bertz CT molecular complexity index is 1180. The molecule has 0 unspecified atom stereocenters. The second kappa shape index (κ2) is 9.23. The van der Waals surface area contributed by atoms with Crippen LogP contribution in [0.1, 0.15) is 54.2 Å². The van der Waals surface area contributed by atoms with E-state index in [1.807, 2.05) is 11.1 Å². The van der Waals surface area contributed by atoms with Gasteiger partial charge in [-0.1, -0.05) is 0 Å². The number of amides is 1. The number of nitrogens with zero attached hydrogens (tertiary/aromatic N) is 7. The van der Waals surface area contributed by atoms with Gasteiger partial charge in [0.2, 0.25) is 18.6 Å². The SMILES string of the molecule is N#COCOc1nc(C(=O)NC2CCC2)nc(N2CCC(c3c[nH]c4nccnc34)CC2)n1. The molecule has 0 radical (unpaired) electrons. The average Bonchev–Trinajstić information content (AvgIpc) is 3.25. The van der Waals surface area contributed by atoms with Gasteiger partial charge in [-0.3, -0.25) is 9.78 Å². The van der Waals surface area contributed by atoms with Gasteiger partial charge in [0.25, 0.3) is 12.2 Å². The van der Waals surface area contributed by atoms with E-state index in [-0.39, 0.29) is 30.6 Å².